The Kier molecular flexibility index (Phi) is 11.1. The Bertz CT molecular complexity index is 2490. The highest BCUT2D eigenvalue weighted by Crippen LogP contribution is 2.40. The molecule has 2 unspecified atom stereocenters. The van der Waals surface area contributed by atoms with Crippen molar-refractivity contribution in [2.24, 2.45) is 0 Å². The zero-order valence-corrected chi connectivity index (χ0v) is 33.8. The van der Waals surface area contributed by atoms with Crippen molar-refractivity contribution < 1.29 is 37.7 Å². The molecule has 2 bridgehead atoms. The van der Waals surface area contributed by atoms with Crippen molar-refractivity contribution >= 4 is 39.7 Å². The van der Waals surface area contributed by atoms with Crippen molar-refractivity contribution in [3.05, 3.63) is 108 Å². The summed E-state index contributed by atoms with van der Waals surface area (Å²) in [6, 6.07) is 22.1. The quantitative estimate of drug-likeness (QED) is 0.117. The molecule has 6 aromatic rings. The Labute approximate surface area is 341 Å². The van der Waals surface area contributed by atoms with Crippen LogP contribution in [0.15, 0.2) is 85.2 Å². The second-order valence-electron chi connectivity index (χ2n) is 15.8. The van der Waals surface area contributed by atoms with Gasteiger partial charge >= 0.3 is 18.2 Å². The molecule has 2 saturated heterocycles. The van der Waals surface area contributed by atoms with E-state index in [-0.39, 0.29) is 55.4 Å². The van der Waals surface area contributed by atoms with Crippen molar-refractivity contribution in [1.82, 2.24) is 24.4 Å². The van der Waals surface area contributed by atoms with Crippen molar-refractivity contribution in [1.29, 1.82) is 0 Å². The second-order valence-corrected chi connectivity index (χ2v) is 15.8. The molecule has 5 heterocycles. The summed E-state index contributed by atoms with van der Waals surface area (Å²) in [5, 5.41) is 2.11. The summed E-state index contributed by atoms with van der Waals surface area (Å²) in [5.41, 5.74) is 2.37. The first-order chi connectivity index (χ1) is 28.5. The number of hydrogen-bond donors (Lipinski definition) is 0. The van der Waals surface area contributed by atoms with Crippen LogP contribution in [0.5, 0.6) is 11.8 Å². The smallest absolute Gasteiger partial charge is 0.418 e. The zero-order valence-electron chi connectivity index (χ0n) is 33.8. The van der Waals surface area contributed by atoms with E-state index in [9.17, 15) is 9.59 Å². The molecule has 0 spiro atoms. The molecule has 59 heavy (non-hydrogen) atoms. The molecule has 3 aromatic carbocycles. The van der Waals surface area contributed by atoms with Gasteiger partial charge in [-0.3, -0.25) is 14.5 Å². The molecule has 13 nitrogen and oxygen atoms in total. The third-order valence-electron chi connectivity index (χ3n) is 10.6. The first kappa shape index (κ1) is 39.5. The van der Waals surface area contributed by atoms with E-state index in [0.29, 0.717) is 47.7 Å². The summed E-state index contributed by atoms with van der Waals surface area (Å²) in [4.78, 5) is 44.6. The lowest BCUT2D eigenvalue weighted by Gasteiger charge is -2.42. The molecule has 0 radical (unpaired) electrons. The van der Waals surface area contributed by atoms with Gasteiger partial charge in [-0.25, -0.2) is 14.0 Å². The van der Waals surface area contributed by atoms with Crippen LogP contribution in [0.3, 0.4) is 0 Å². The van der Waals surface area contributed by atoms with Crippen LogP contribution in [-0.4, -0.2) is 81.3 Å². The maximum atomic E-state index is 17.4. The predicted molar refractivity (Wildman–Crippen MR) is 220 cm³/mol. The average molecular weight is 803 g/mol. The number of rotatable bonds is 11. The largest absolute Gasteiger partial charge is 0.468 e. The Balaban J connectivity index is 1.18. The number of fused-ring (bicyclic) bond motifs is 4. The number of carbonyl (C=O) groups excluding carboxylic acids is 2. The van der Waals surface area contributed by atoms with Crippen molar-refractivity contribution in [3.63, 3.8) is 0 Å². The molecule has 0 N–H and O–H groups in total. The van der Waals surface area contributed by atoms with E-state index in [2.05, 4.69) is 11.9 Å². The van der Waals surface area contributed by atoms with Gasteiger partial charge in [0.25, 0.3) is 0 Å². The second kappa shape index (κ2) is 16.5. The Morgan fingerprint density at radius 2 is 1.68 bits per heavy atom. The van der Waals surface area contributed by atoms with Crippen LogP contribution in [-0.2, 0) is 33.8 Å². The molecule has 2 fully saturated rings. The number of anilines is 1. The van der Waals surface area contributed by atoms with E-state index in [4.69, 9.17) is 33.7 Å². The van der Waals surface area contributed by atoms with Gasteiger partial charge in [0, 0.05) is 38.2 Å². The molecular weight excluding hydrogens is 756 g/mol. The summed E-state index contributed by atoms with van der Waals surface area (Å²) >= 11 is 0. The Morgan fingerprint density at radius 3 is 2.41 bits per heavy atom. The van der Waals surface area contributed by atoms with E-state index < -0.39 is 17.5 Å². The topological polar surface area (TPSA) is 130 Å². The Hall–Kier alpha value is -6.28. The molecular formula is C45H47FN6O7. The summed E-state index contributed by atoms with van der Waals surface area (Å²) in [6.07, 6.45) is 4.56. The highest BCUT2D eigenvalue weighted by atomic mass is 19.1. The number of aryl methyl sites for hydroxylation is 1. The number of carbonyl (C=O) groups is 2. The lowest BCUT2D eigenvalue weighted by Crippen LogP contribution is -2.57. The van der Waals surface area contributed by atoms with Gasteiger partial charge in [-0.05, 0) is 86.2 Å². The van der Waals surface area contributed by atoms with Gasteiger partial charge in [-0.1, -0.05) is 55.5 Å². The fourth-order valence-corrected chi connectivity index (χ4v) is 8.01. The van der Waals surface area contributed by atoms with Gasteiger partial charge in [-0.2, -0.15) is 9.97 Å². The summed E-state index contributed by atoms with van der Waals surface area (Å²) in [7, 11) is 1.54. The lowest BCUT2D eigenvalue weighted by molar-refractivity contribution is 0.0122. The minimum Gasteiger partial charge on any atom is -0.468 e. The molecule has 14 heteroatoms. The Morgan fingerprint density at radius 1 is 0.898 bits per heavy atom. The van der Waals surface area contributed by atoms with Crippen LogP contribution >= 0.6 is 0 Å². The van der Waals surface area contributed by atoms with Gasteiger partial charge in [0.2, 0.25) is 0 Å². The molecule has 0 saturated carbocycles. The third-order valence-corrected chi connectivity index (χ3v) is 10.6. The zero-order chi connectivity index (χ0) is 41.3. The van der Waals surface area contributed by atoms with Crippen LogP contribution in [0.1, 0.15) is 57.4 Å². The minimum absolute atomic E-state index is 0.0138. The van der Waals surface area contributed by atoms with Crippen LogP contribution in [0.25, 0.3) is 32.9 Å². The normalized spacial score (nSPS) is 16.4. The van der Waals surface area contributed by atoms with Crippen LogP contribution < -0.4 is 14.4 Å². The van der Waals surface area contributed by atoms with Crippen molar-refractivity contribution in [2.75, 3.05) is 31.9 Å². The molecule has 3 aromatic heterocycles. The minimum atomic E-state index is -0.657. The number of pyridine rings is 1. The number of piperazine rings is 1. The average Bonchev–Trinajstić information content (AvgIpc) is 3.81. The van der Waals surface area contributed by atoms with Gasteiger partial charge in [0.05, 0.1) is 23.2 Å². The molecule has 8 rings (SSSR count). The molecule has 306 valence electrons. The van der Waals surface area contributed by atoms with Gasteiger partial charge in [-0.15, -0.1) is 0 Å². The number of benzene rings is 3. The van der Waals surface area contributed by atoms with E-state index in [1.165, 1.54) is 11.7 Å². The fourth-order valence-electron chi connectivity index (χ4n) is 8.01. The maximum absolute atomic E-state index is 17.4. The number of halogens is 1. The highest BCUT2D eigenvalue weighted by Gasteiger charge is 2.45. The molecule has 2 atom stereocenters. The van der Waals surface area contributed by atoms with Gasteiger partial charge < -0.3 is 28.6 Å². The van der Waals surface area contributed by atoms with E-state index in [1.54, 1.807) is 30.6 Å². The molecule has 0 aliphatic carbocycles. The summed E-state index contributed by atoms with van der Waals surface area (Å²) in [6.45, 7) is 8.49. The van der Waals surface area contributed by atoms with Crippen LogP contribution in [0, 0.1) is 5.82 Å². The first-order valence-electron chi connectivity index (χ1n) is 19.8. The summed E-state index contributed by atoms with van der Waals surface area (Å²) < 4.78 is 47.4. The highest BCUT2D eigenvalue weighted by molar-refractivity contribution is 6.01. The van der Waals surface area contributed by atoms with Gasteiger partial charge in [0.15, 0.2) is 12.6 Å². The maximum Gasteiger partial charge on any atom is 0.418 e. The number of methoxy groups -OCH3 is 1. The van der Waals surface area contributed by atoms with Gasteiger partial charge in [0.1, 0.15) is 41.6 Å². The first-order valence-corrected chi connectivity index (χ1v) is 19.8. The van der Waals surface area contributed by atoms with Crippen LogP contribution in [0.4, 0.5) is 19.8 Å². The number of ether oxygens (including phenoxy) is 5. The summed E-state index contributed by atoms with van der Waals surface area (Å²) in [5.74, 6) is 0.271. The van der Waals surface area contributed by atoms with E-state index >= 15 is 4.39 Å². The number of hydrogen-bond acceptors (Lipinski definition) is 11. The third kappa shape index (κ3) is 8.22. The van der Waals surface area contributed by atoms with Crippen LogP contribution in [0.2, 0.25) is 0 Å². The van der Waals surface area contributed by atoms with Crippen molar-refractivity contribution in [2.45, 2.75) is 77.9 Å². The molecule has 2 aliphatic heterocycles. The fraction of sp³-hybridized carbons (Fsp3) is 0.356. The number of amides is 1. The monoisotopic (exact) mass is 802 g/mol. The SMILES string of the molecule is CCc1cccc2cc(OCOC)cc(-c3ncc4c(N5CC6CCC(C5)N6C(=O)OC(C)(C)C)nc(OCc5cccn5C(=O)OCc5ccccc5)nc4c3F)c12. The lowest BCUT2D eigenvalue weighted by atomic mass is 9.95. The standard InChI is InChI=1S/C45H47FN6O7/c1-6-29-14-10-15-30-20-34(58-27-55-5)21-35(37(29)30)39-38(46)40-36(22-47-39)41(50-23-31-17-18-32(24-50)52(31)44(54)59-45(2,3)4)49-42(48-40)56-26-33-16-11-19-51(33)43(53)57-25-28-12-8-7-9-13-28/h7-16,19-22,31-32H,6,17-18,23-27H2,1-5H3. The molecule has 1 amide bonds. The van der Waals surface area contributed by atoms with E-state index in [0.717, 1.165) is 34.7 Å². The number of aromatic nitrogens is 4. The number of nitrogens with zero attached hydrogens (tertiary/aromatic N) is 6. The van der Waals surface area contributed by atoms with E-state index in [1.807, 2.05) is 85.2 Å². The van der Waals surface area contributed by atoms with Crippen molar-refractivity contribution in [3.8, 4) is 23.0 Å². The molecule has 2 aliphatic rings. The predicted octanol–water partition coefficient (Wildman–Crippen LogP) is 8.68.